The lowest BCUT2D eigenvalue weighted by molar-refractivity contribution is -0.142. The third-order valence-corrected chi connectivity index (χ3v) is 4.12. The van der Waals surface area contributed by atoms with Gasteiger partial charge in [0.05, 0.1) is 19.1 Å². The van der Waals surface area contributed by atoms with Crippen molar-refractivity contribution in [1.82, 2.24) is 15.5 Å². The van der Waals surface area contributed by atoms with Gasteiger partial charge in [-0.2, -0.15) is 0 Å². The van der Waals surface area contributed by atoms with E-state index < -0.39 is 11.9 Å². The van der Waals surface area contributed by atoms with E-state index in [9.17, 15) is 14.4 Å². The van der Waals surface area contributed by atoms with Crippen LogP contribution < -0.4 is 10.6 Å². The molecule has 0 aromatic rings. The quantitative estimate of drug-likeness (QED) is 0.567. The van der Waals surface area contributed by atoms with Gasteiger partial charge in [-0.25, -0.2) is 4.79 Å². The molecule has 3 N–H and O–H groups in total. The zero-order chi connectivity index (χ0) is 15.4. The maximum absolute atomic E-state index is 12.1. The zero-order valence-corrected chi connectivity index (χ0v) is 12.0. The Balaban J connectivity index is 1.79. The van der Waals surface area contributed by atoms with Crippen LogP contribution in [0.2, 0.25) is 0 Å². The van der Waals surface area contributed by atoms with Crippen molar-refractivity contribution in [3.63, 3.8) is 0 Å². The molecule has 8 nitrogen and oxygen atoms in total. The summed E-state index contributed by atoms with van der Waals surface area (Å²) in [6.45, 7) is 0.688. The van der Waals surface area contributed by atoms with Gasteiger partial charge in [0.2, 0.25) is 5.91 Å². The van der Waals surface area contributed by atoms with Gasteiger partial charge >= 0.3 is 12.0 Å². The molecule has 2 saturated heterocycles. The van der Waals surface area contributed by atoms with Gasteiger partial charge in [-0.05, 0) is 19.3 Å². The Hall–Kier alpha value is -1.83. The van der Waals surface area contributed by atoms with Gasteiger partial charge in [-0.3, -0.25) is 9.59 Å². The Morgan fingerprint density at radius 1 is 1.29 bits per heavy atom. The number of amides is 3. The lowest BCUT2D eigenvalue weighted by Gasteiger charge is -2.23. The average molecular weight is 299 g/mol. The number of hydrogen-bond donors (Lipinski definition) is 3. The van der Waals surface area contributed by atoms with E-state index in [1.165, 1.54) is 7.11 Å². The van der Waals surface area contributed by atoms with Crippen molar-refractivity contribution in [2.24, 2.45) is 5.92 Å². The minimum atomic E-state index is -0.850. The van der Waals surface area contributed by atoms with Crippen molar-refractivity contribution >= 4 is 17.9 Å². The molecule has 0 aromatic carbocycles. The second kappa shape index (κ2) is 6.75. The van der Waals surface area contributed by atoms with Gasteiger partial charge in [-0.15, -0.1) is 0 Å². The van der Waals surface area contributed by atoms with Gasteiger partial charge in [0.25, 0.3) is 0 Å². The summed E-state index contributed by atoms with van der Waals surface area (Å²) in [5, 5.41) is 14.3. The van der Waals surface area contributed by atoms with Crippen LogP contribution in [0.5, 0.6) is 0 Å². The molecule has 0 aliphatic carbocycles. The van der Waals surface area contributed by atoms with Crippen LogP contribution in [0, 0.1) is 5.92 Å². The van der Waals surface area contributed by atoms with Crippen molar-refractivity contribution in [3.8, 4) is 0 Å². The molecular weight excluding hydrogens is 278 g/mol. The van der Waals surface area contributed by atoms with Gasteiger partial charge < -0.3 is 25.4 Å². The average Bonchev–Trinajstić information content (AvgIpc) is 3.02. The number of carboxylic acids is 1. The van der Waals surface area contributed by atoms with Crippen molar-refractivity contribution in [3.05, 3.63) is 0 Å². The van der Waals surface area contributed by atoms with E-state index in [1.54, 1.807) is 4.90 Å². The highest BCUT2D eigenvalue weighted by atomic mass is 16.5. The molecule has 3 atom stereocenters. The number of fused-ring (bicyclic) bond motifs is 2. The number of aliphatic carboxylic acids is 1. The van der Waals surface area contributed by atoms with Gasteiger partial charge in [0, 0.05) is 25.7 Å². The monoisotopic (exact) mass is 299 g/mol. The maximum atomic E-state index is 12.1. The summed E-state index contributed by atoms with van der Waals surface area (Å²) in [5.74, 6) is -1.62. The fraction of sp³-hybridized carbons (Fsp3) is 0.769. The number of rotatable bonds is 6. The lowest BCUT2D eigenvalue weighted by atomic mass is 9.89. The fourth-order valence-corrected chi connectivity index (χ4v) is 3.17. The van der Waals surface area contributed by atoms with E-state index >= 15 is 0 Å². The fourth-order valence-electron chi connectivity index (χ4n) is 3.17. The number of nitrogens with zero attached hydrogens (tertiary/aromatic N) is 1. The number of hydrogen-bond acceptors (Lipinski definition) is 4. The maximum Gasteiger partial charge on any atom is 0.318 e. The zero-order valence-electron chi connectivity index (χ0n) is 12.0. The summed E-state index contributed by atoms with van der Waals surface area (Å²) in [6, 6.07) is -0.621. The minimum absolute atomic E-state index is 0.0207. The second-order valence-corrected chi connectivity index (χ2v) is 5.39. The number of urea groups is 1. The van der Waals surface area contributed by atoms with E-state index in [4.69, 9.17) is 9.84 Å². The molecule has 2 aliphatic heterocycles. The Labute approximate surface area is 122 Å². The van der Waals surface area contributed by atoms with Crippen molar-refractivity contribution in [1.29, 1.82) is 0 Å². The number of nitrogens with one attached hydrogen (secondary N) is 2. The number of methoxy groups -OCH3 is 1. The first-order chi connectivity index (χ1) is 10.0. The first-order valence-corrected chi connectivity index (χ1v) is 7.09. The van der Waals surface area contributed by atoms with Gasteiger partial charge in [0.15, 0.2) is 0 Å². The van der Waals surface area contributed by atoms with Crippen LogP contribution >= 0.6 is 0 Å². The SMILES string of the molecule is COCCNC(=O)CNC(=O)N1C2CCC1C(C(=O)O)C2. The van der Waals surface area contributed by atoms with Crippen LogP contribution in [0.25, 0.3) is 0 Å². The highest BCUT2D eigenvalue weighted by molar-refractivity contribution is 5.85. The number of ether oxygens (including phenoxy) is 1. The number of carbonyl (C=O) groups is 3. The highest BCUT2D eigenvalue weighted by Crippen LogP contribution is 2.41. The van der Waals surface area contributed by atoms with Gasteiger partial charge in [-0.1, -0.05) is 0 Å². The molecule has 8 heteroatoms. The molecule has 0 saturated carbocycles. The Kier molecular flexibility index (Phi) is 5.00. The predicted molar refractivity (Wildman–Crippen MR) is 72.7 cm³/mol. The Morgan fingerprint density at radius 2 is 2.05 bits per heavy atom. The Morgan fingerprint density at radius 3 is 2.67 bits per heavy atom. The minimum Gasteiger partial charge on any atom is -0.481 e. The standard InChI is InChI=1S/C13H21N3O5/c1-21-5-4-14-11(17)7-15-13(20)16-8-2-3-10(16)9(6-8)12(18)19/h8-10H,2-7H2,1H3,(H,14,17)(H,15,20)(H,18,19). The molecule has 2 rings (SSSR count). The van der Waals surface area contributed by atoms with Crippen molar-refractivity contribution in [2.75, 3.05) is 26.8 Å². The molecule has 118 valence electrons. The van der Waals surface area contributed by atoms with E-state index in [1.807, 2.05) is 0 Å². The summed E-state index contributed by atoms with van der Waals surface area (Å²) in [6.07, 6.45) is 2.06. The van der Waals surface area contributed by atoms with Crippen LogP contribution in [0.4, 0.5) is 4.79 Å². The number of carbonyl (C=O) groups excluding carboxylic acids is 2. The summed E-state index contributed by atoms with van der Waals surface area (Å²) in [7, 11) is 1.54. The molecule has 0 aromatic heterocycles. The molecule has 0 spiro atoms. The molecule has 2 fully saturated rings. The highest BCUT2D eigenvalue weighted by Gasteiger charge is 2.51. The van der Waals surface area contributed by atoms with Crippen LogP contribution in [0.15, 0.2) is 0 Å². The third-order valence-electron chi connectivity index (χ3n) is 4.12. The van der Waals surface area contributed by atoms with Crippen LogP contribution in [0.3, 0.4) is 0 Å². The van der Waals surface area contributed by atoms with Crippen LogP contribution in [-0.2, 0) is 14.3 Å². The second-order valence-electron chi connectivity index (χ2n) is 5.39. The summed E-state index contributed by atoms with van der Waals surface area (Å²) >= 11 is 0. The molecule has 3 unspecified atom stereocenters. The first kappa shape index (κ1) is 15.6. The van der Waals surface area contributed by atoms with E-state index in [0.29, 0.717) is 19.6 Å². The van der Waals surface area contributed by atoms with Crippen molar-refractivity contribution < 1.29 is 24.2 Å². The molecule has 2 bridgehead atoms. The normalized spacial score (nSPS) is 26.7. The van der Waals surface area contributed by atoms with E-state index in [0.717, 1.165) is 12.8 Å². The summed E-state index contributed by atoms with van der Waals surface area (Å²) < 4.78 is 4.80. The van der Waals surface area contributed by atoms with Crippen LogP contribution in [0.1, 0.15) is 19.3 Å². The molecule has 3 amide bonds. The smallest absolute Gasteiger partial charge is 0.318 e. The molecule has 0 radical (unpaired) electrons. The van der Waals surface area contributed by atoms with E-state index in [-0.39, 0.29) is 30.6 Å². The third kappa shape index (κ3) is 3.44. The topological polar surface area (TPSA) is 108 Å². The molecule has 2 aliphatic rings. The number of carboxylic acid groups (broad SMARTS) is 1. The van der Waals surface area contributed by atoms with E-state index in [2.05, 4.69) is 10.6 Å². The lowest BCUT2D eigenvalue weighted by Crippen LogP contribution is -2.47. The molecule has 2 heterocycles. The first-order valence-electron chi connectivity index (χ1n) is 7.09. The molecular formula is C13H21N3O5. The molecule has 21 heavy (non-hydrogen) atoms. The summed E-state index contributed by atoms with van der Waals surface area (Å²) in [4.78, 5) is 36.4. The van der Waals surface area contributed by atoms with Crippen LogP contribution in [-0.4, -0.2) is 66.8 Å². The Bertz CT molecular complexity index is 428. The van der Waals surface area contributed by atoms with Gasteiger partial charge in [0.1, 0.15) is 0 Å². The predicted octanol–water partition coefficient (Wildman–Crippen LogP) is -0.604. The largest absolute Gasteiger partial charge is 0.481 e. The summed E-state index contributed by atoms with van der Waals surface area (Å²) in [5.41, 5.74) is 0. The van der Waals surface area contributed by atoms with Crippen molar-refractivity contribution in [2.45, 2.75) is 31.3 Å².